The lowest BCUT2D eigenvalue weighted by molar-refractivity contribution is 0.988. The van der Waals surface area contributed by atoms with Gasteiger partial charge in [-0.05, 0) is 22.9 Å². The van der Waals surface area contributed by atoms with Crippen molar-refractivity contribution in [3.8, 4) is 0 Å². The highest BCUT2D eigenvalue weighted by molar-refractivity contribution is 9.10. The van der Waals surface area contributed by atoms with Crippen LogP contribution < -0.4 is 0 Å². The Kier molecular flexibility index (Phi) is 2.63. The fourth-order valence-electron chi connectivity index (χ4n) is 0.596. The molecule has 0 spiro atoms. The molecule has 0 bridgehead atoms. The van der Waals surface area contributed by atoms with Crippen LogP contribution in [0.3, 0.4) is 0 Å². The van der Waals surface area contributed by atoms with E-state index in [0.29, 0.717) is 5.88 Å². The summed E-state index contributed by atoms with van der Waals surface area (Å²) in [6.45, 7) is 1.84. The van der Waals surface area contributed by atoms with Crippen molar-refractivity contribution in [2.75, 3.05) is 0 Å². The molecule has 0 fully saturated rings. The summed E-state index contributed by atoms with van der Waals surface area (Å²) in [4.78, 5) is 8.07. The van der Waals surface area contributed by atoms with E-state index in [0.717, 1.165) is 16.0 Å². The molecule has 54 valence electrons. The molecule has 0 aliphatic rings. The minimum absolute atomic E-state index is 0.421. The molecule has 0 aliphatic heterocycles. The van der Waals surface area contributed by atoms with Gasteiger partial charge >= 0.3 is 0 Å². The molecule has 0 atom stereocenters. The van der Waals surface area contributed by atoms with Crippen LogP contribution in [-0.4, -0.2) is 9.97 Å². The van der Waals surface area contributed by atoms with Crippen molar-refractivity contribution < 1.29 is 0 Å². The summed E-state index contributed by atoms with van der Waals surface area (Å²) >= 11 is 8.87. The van der Waals surface area contributed by atoms with E-state index in [1.807, 2.05) is 6.92 Å². The molecule has 1 aromatic rings. The first kappa shape index (κ1) is 7.95. The SMILES string of the molecule is Cc1ncc(Br)c(CCl)n1. The quantitative estimate of drug-likeness (QED) is 0.680. The van der Waals surface area contributed by atoms with Gasteiger partial charge in [-0.25, -0.2) is 9.97 Å². The molecule has 0 aliphatic carbocycles. The molecule has 0 aromatic carbocycles. The van der Waals surface area contributed by atoms with Crippen LogP contribution in [0.1, 0.15) is 11.5 Å². The maximum Gasteiger partial charge on any atom is 0.125 e. The molecule has 2 nitrogen and oxygen atoms in total. The van der Waals surface area contributed by atoms with Gasteiger partial charge in [-0.2, -0.15) is 0 Å². The minimum Gasteiger partial charge on any atom is -0.240 e. The molecule has 1 rings (SSSR count). The third-order valence-corrected chi connectivity index (χ3v) is 1.98. The zero-order valence-electron chi connectivity index (χ0n) is 5.43. The lowest BCUT2D eigenvalue weighted by Crippen LogP contribution is -1.92. The Bertz CT molecular complexity index is 239. The second-order valence-corrected chi connectivity index (χ2v) is 2.97. The van der Waals surface area contributed by atoms with Crippen molar-refractivity contribution >= 4 is 27.5 Å². The monoisotopic (exact) mass is 220 g/mol. The van der Waals surface area contributed by atoms with E-state index < -0.39 is 0 Å². The van der Waals surface area contributed by atoms with Crippen molar-refractivity contribution in [3.05, 3.63) is 22.2 Å². The first-order valence-corrected chi connectivity index (χ1v) is 4.11. The highest BCUT2D eigenvalue weighted by atomic mass is 79.9. The first-order chi connectivity index (χ1) is 4.74. The summed E-state index contributed by atoms with van der Waals surface area (Å²) < 4.78 is 0.869. The summed E-state index contributed by atoms with van der Waals surface area (Å²) in [5.41, 5.74) is 0.842. The fourth-order valence-corrected chi connectivity index (χ4v) is 1.29. The third kappa shape index (κ3) is 1.67. The zero-order chi connectivity index (χ0) is 7.56. The van der Waals surface area contributed by atoms with Gasteiger partial charge in [0.15, 0.2) is 0 Å². The Morgan fingerprint density at radius 2 is 2.40 bits per heavy atom. The van der Waals surface area contributed by atoms with E-state index in [1.165, 1.54) is 0 Å². The standard InChI is InChI=1S/C6H6BrClN2/c1-4-9-3-5(7)6(2-8)10-4/h3H,2H2,1H3. The fraction of sp³-hybridized carbons (Fsp3) is 0.333. The van der Waals surface area contributed by atoms with Crippen LogP contribution in [0.15, 0.2) is 10.7 Å². The van der Waals surface area contributed by atoms with Crippen LogP contribution in [-0.2, 0) is 5.88 Å². The van der Waals surface area contributed by atoms with Gasteiger partial charge in [0.25, 0.3) is 0 Å². The van der Waals surface area contributed by atoms with Gasteiger partial charge in [0.2, 0.25) is 0 Å². The number of aryl methyl sites for hydroxylation is 1. The van der Waals surface area contributed by atoms with E-state index in [1.54, 1.807) is 6.20 Å². The molecule has 0 radical (unpaired) electrons. The van der Waals surface area contributed by atoms with Gasteiger partial charge in [0.1, 0.15) is 5.82 Å². The maximum absolute atomic E-state index is 5.58. The number of rotatable bonds is 1. The Morgan fingerprint density at radius 1 is 1.70 bits per heavy atom. The summed E-state index contributed by atoms with van der Waals surface area (Å²) in [7, 11) is 0. The van der Waals surface area contributed by atoms with E-state index in [4.69, 9.17) is 11.6 Å². The van der Waals surface area contributed by atoms with Crippen LogP contribution in [0.2, 0.25) is 0 Å². The zero-order valence-corrected chi connectivity index (χ0v) is 7.78. The normalized spacial score (nSPS) is 9.90. The number of aromatic nitrogens is 2. The average Bonchev–Trinajstić information content (AvgIpc) is 1.94. The number of halogens is 2. The van der Waals surface area contributed by atoms with Crippen molar-refractivity contribution in [1.29, 1.82) is 0 Å². The lowest BCUT2D eigenvalue weighted by atomic mass is 10.4. The molecule has 0 saturated heterocycles. The summed E-state index contributed by atoms with van der Waals surface area (Å²) in [6.07, 6.45) is 1.71. The van der Waals surface area contributed by atoms with E-state index in [-0.39, 0.29) is 0 Å². The Hall–Kier alpha value is -0.150. The molecule has 0 N–H and O–H groups in total. The van der Waals surface area contributed by atoms with E-state index in [2.05, 4.69) is 25.9 Å². The molecular formula is C6H6BrClN2. The second kappa shape index (κ2) is 3.30. The molecule has 0 unspecified atom stereocenters. The Morgan fingerprint density at radius 3 is 2.90 bits per heavy atom. The van der Waals surface area contributed by atoms with Crippen LogP contribution >= 0.6 is 27.5 Å². The van der Waals surface area contributed by atoms with Crippen LogP contribution in [0, 0.1) is 6.92 Å². The van der Waals surface area contributed by atoms with Crippen molar-refractivity contribution in [2.45, 2.75) is 12.8 Å². The van der Waals surface area contributed by atoms with Crippen LogP contribution in [0.5, 0.6) is 0 Å². The number of nitrogens with zero attached hydrogens (tertiary/aromatic N) is 2. The highest BCUT2D eigenvalue weighted by Crippen LogP contribution is 2.14. The highest BCUT2D eigenvalue weighted by Gasteiger charge is 1.99. The first-order valence-electron chi connectivity index (χ1n) is 2.78. The molecule has 1 heterocycles. The van der Waals surface area contributed by atoms with E-state index in [9.17, 15) is 0 Å². The van der Waals surface area contributed by atoms with Gasteiger partial charge < -0.3 is 0 Å². The van der Waals surface area contributed by atoms with Gasteiger partial charge in [0.05, 0.1) is 16.0 Å². The van der Waals surface area contributed by atoms with Crippen LogP contribution in [0.25, 0.3) is 0 Å². The van der Waals surface area contributed by atoms with Crippen molar-refractivity contribution in [1.82, 2.24) is 9.97 Å². The van der Waals surface area contributed by atoms with Gasteiger partial charge in [-0.15, -0.1) is 11.6 Å². The largest absolute Gasteiger partial charge is 0.240 e. The van der Waals surface area contributed by atoms with E-state index >= 15 is 0 Å². The number of alkyl halides is 1. The predicted molar refractivity (Wildman–Crippen MR) is 44.0 cm³/mol. The smallest absolute Gasteiger partial charge is 0.125 e. The van der Waals surface area contributed by atoms with Crippen LogP contribution in [0.4, 0.5) is 0 Å². The molecule has 10 heavy (non-hydrogen) atoms. The number of hydrogen-bond acceptors (Lipinski definition) is 2. The molecule has 4 heteroatoms. The van der Waals surface area contributed by atoms with Gasteiger partial charge in [0, 0.05) is 6.20 Å². The molecule has 0 saturated carbocycles. The number of hydrogen-bond donors (Lipinski definition) is 0. The maximum atomic E-state index is 5.58. The molecule has 1 aromatic heterocycles. The van der Waals surface area contributed by atoms with Gasteiger partial charge in [-0.1, -0.05) is 0 Å². The molecular weight excluding hydrogens is 215 g/mol. The second-order valence-electron chi connectivity index (χ2n) is 1.85. The average molecular weight is 221 g/mol. The van der Waals surface area contributed by atoms with Gasteiger partial charge in [-0.3, -0.25) is 0 Å². The van der Waals surface area contributed by atoms with Crippen molar-refractivity contribution in [2.24, 2.45) is 0 Å². The minimum atomic E-state index is 0.421. The molecule has 0 amide bonds. The summed E-state index contributed by atoms with van der Waals surface area (Å²) in [5.74, 6) is 1.17. The third-order valence-electron chi connectivity index (χ3n) is 1.06. The Balaban J connectivity index is 3.09. The Labute approximate surface area is 72.8 Å². The van der Waals surface area contributed by atoms with Crippen molar-refractivity contribution in [3.63, 3.8) is 0 Å². The topological polar surface area (TPSA) is 25.8 Å². The summed E-state index contributed by atoms with van der Waals surface area (Å²) in [5, 5.41) is 0. The predicted octanol–water partition coefficient (Wildman–Crippen LogP) is 2.29. The lowest BCUT2D eigenvalue weighted by Gasteiger charge is -1.97. The summed E-state index contributed by atoms with van der Waals surface area (Å²) in [6, 6.07) is 0.